The molecular weight excluding hydrogens is 194 g/mol. The van der Waals surface area contributed by atoms with Crippen LogP contribution in [0.1, 0.15) is 19.8 Å². The van der Waals surface area contributed by atoms with Gasteiger partial charge in [-0.2, -0.15) is 0 Å². The summed E-state index contributed by atoms with van der Waals surface area (Å²) in [5.41, 5.74) is 5.26. The standard InChI is InChI=1S/C10H19N3O2/c1-7-4-5-8(9(11)14)6-13(7)10(15)12(2)3/h7-8H,4-6H2,1-3H3,(H2,11,14). The van der Waals surface area contributed by atoms with Gasteiger partial charge in [0.25, 0.3) is 0 Å². The Labute approximate surface area is 90.2 Å². The van der Waals surface area contributed by atoms with Crippen molar-refractivity contribution in [2.24, 2.45) is 11.7 Å². The third-order valence-corrected chi connectivity index (χ3v) is 2.91. The second kappa shape index (κ2) is 4.51. The molecule has 0 radical (unpaired) electrons. The topological polar surface area (TPSA) is 66.6 Å². The quantitative estimate of drug-likeness (QED) is 0.678. The predicted molar refractivity (Wildman–Crippen MR) is 57.2 cm³/mol. The van der Waals surface area contributed by atoms with Crippen molar-refractivity contribution in [3.8, 4) is 0 Å². The van der Waals surface area contributed by atoms with Crippen LogP contribution in [0.2, 0.25) is 0 Å². The summed E-state index contributed by atoms with van der Waals surface area (Å²) in [6.07, 6.45) is 1.63. The van der Waals surface area contributed by atoms with Gasteiger partial charge in [-0.05, 0) is 19.8 Å². The van der Waals surface area contributed by atoms with Gasteiger partial charge in [-0.1, -0.05) is 0 Å². The van der Waals surface area contributed by atoms with Gasteiger partial charge in [0, 0.05) is 26.7 Å². The number of likely N-dealkylation sites (tertiary alicyclic amines) is 1. The van der Waals surface area contributed by atoms with Crippen molar-refractivity contribution in [2.45, 2.75) is 25.8 Å². The summed E-state index contributed by atoms with van der Waals surface area (Å²) < 4.78 is 0. The Kier molecular flexibility index (Phi) is 3.55. The van der Waals surface area contributed by atoms with Crippen LogP contribution in [-0.2, 0) is 4.79 Å². The molecule has 15 heavy (non-hydrogen) atoms. The molecule has 0 bridgehead atoms. The van der Waals surface area contributed by atoms with Gasteiger partial charge in [0.15, 0.2) is 0 Å². The van der Waals surface area contributed by atoms with E-state index >= 15 is 0 Å². The molecule has 0 aromatic heterocycles. The fourth-order valence-corrected chi connectivity index (χ4v) is 1.86. The first-order chi connectivity index (χ1) is 6.93. The van der Waals surface area contributed by atoms with Crippen molar-refractivity contribution < 1.29 is 9.59 Å². The van der Waals surface area contributed by atoms with Crippen molar-refractivity contribution in [3.63, 3.8) is 0 Å². The average Bonchev–Trinajstić information content (AvgIpc) is 2.16. The van der Waals surface area contributed by atoms with Crippen LogP contribution in [0, 0.1) is 5.92 Å². The summed E-state index contributed by atoms with van der Waals surface area (Å²) in [7, 11) is 3.42. The molecule has 1 aliphatic rings. The largest absolute Gasteiger partial charge is 0.369 e. The molecule has 1 aliphatic heterocycles. The zero-order valence-corrected chi connectivity index (χ0v) is 9.56. The second-order valence-electron chi connectivity index (χ2n) is 4.36. The number of hydrogen-bond acceptors (Lipinski definition) is 2. The maximum Gasteiger partial charge on any atom is 0.319 e. The van der Waals surface area contributed by atoms with E-state index in [9.17, 15) is 9.59 Å². The highest BCUT2D eigenvalue weighted by Crippen LogP contribution is 2.22. The third kappa shape index (κ3) is 2.61. The predicted octanol–water partition coefficient (Wildman–Crippen LogP) is 0.254. The first-order valence-electron chi connectivity index (χ1n) is 5.20. The molecule has 2 N–H and O–H groups in total. The summed E-state index contributed by atoms with van der Waals surface area (Å²) in [4.78, 5) is 26.1. The van der Waals surface area contributed by atoms with Gasteiger partial charge >= 0.3 is 6.03 Å². The lowest BCUT2D eigenvalue weighted by Crippen LogP contribution is -2.51. The maximum absolute atomic E-state index is 11.8. The van der Waals surface area contributed by atoms with E-state index in [2.05, 4.69) is 0 Å². The van der Waals surface area contributed by atoms with E-state index in [1.54, 1.807) is 19.0 Å². The van der Waals surface area contributed by atoms with E-state index in [0.29, 0.717) is 6.54 Å². The van der Waals surface area contributed by atoms with Crippen molar-refractivity contribution in [3.05, 3.63) is 0 Å². The minimum atomic E-state index is -0.307. The minimum absolute atomic E-state index is 0.0477. The zero-order valence-electron chi connectivity index (χ0n) is 9.56. The van der Waals surface area contributed by atoms with Gasteiger partial charge in [-0.15, -0.1) is 0 Å². The number of rotatable bonds is 1. The van der Waals surface area contributed by atoms with E-state index in [4.69, 9.17) is 5.73 Å². The lowest BCUT2D eigenvalue weighted by molar-refractivity contribution is -0.123. The Bertz CT molecular complexity index is 265. The Balaban J connectivity index is 2.69. The number of piperidine rings is 1. The fraction of sp³-hybridized carbons (Fsp3) is 0.800. The van der Waals surface area contributed by atoms with E-state index in [0.717, 1.165) is 12.8 Å². The number of nitrogens with two attached hydrogens (primary N) is 1. The van der Waals surface area contributed by atoms with Crippen LogP contribution in [0.4, 0.5) is 4.79 Å². The van der Waals surface area contributed by atoms with E-state index in [1.165, 1.54) is 4.90 Å². The van der Waals surface area contributed by atoms with Crippen LogP contribution < -0.4 is 5.73 Å². The smallest absolute Gasteiger partial charge is 0.319 e. The molecule has 2 atom stereocenters. The van der Waals surface area contributed by atoms with Gasteiger partial charge in [0.2, 0.25) is 5.91 Å². The highest BCUT2D eigenvalue weighted by molar-refractivity contribution is 5.79. The number of primary amides is 1. The fourth-order valence-electron chi connectivity index (χ4n) is 1.86. The van der Waals surface area contributed by atoms with Gasteiger partial charge in [0.1, 0.15) is 0 Å². The van der Waals surface area contributed by atoms with E-state index in [1.807, 2.05) is 6.92 Å². The summed E-state index contributed by atoms with van der Waals surface area (Å²) in [6.45, 7) is 2.45. The Morgan fingerprint density at radius 1 is 1.33 bits per heavy atom. The molecule has 0 aliphatic carbocycles. The van der Waals surface area contributed by atoms with Crippen LogP contribution in [0.25, 0.3) is 0 Å². The van der Waals surface area contributed by atoms with Crippen LogP contribution in [0.3, 0.4) is 0 Å². The Morgan fingerprint density at radius 3 is 2.40 bits per heavy atom. The number of carbonyl (C=O) groups is 2. The maximum atomic E-state index is 11.8. The monoisotopic (exact) mass is 213 g/mol. The Morgan fingerprint density at radius 2 is 1.93 bits per heavy atom. The SMILES string of the molecule is CC1CCC(C(N)=O)CN1C(=O)N(C)C. The van der Waals surface area contributed by atoms with E-state index < -0.39 is 0 Å². The van der Waals surface area contributed by atoms with Crippen molar-refractivity contribution >= 4 is 11.9 Å². The molecule has 5 nitrogen and oxygen atoms in total. The molecule has 86 valence electrons. The number of urea groups is 1. The van der Waals surface area contributed by atoms with Gasteiger partial charge in [-0.3, -0.25) is 4.79 Å². The van der Waals surface area contributed by atoms with Crippen molar-refractivity contribution in [1.29, 1.82) is 0 Å². The lowest BCUT2D eigenvalue weighted by Gasteiger charge is -2.38. The minimum Gasteiger partial charge on any atom is -0.369 e. The molecule has 1 heterocycles. The van der Waals surface area contributed by atoms with Crippen LogP contribution in [0.5, 0.6) is 0 Å². The Hall–Kier alpha value is -1.26. The summed E-state index contributed by atoms with van der Waals surface area (Å²) in [5.74, 6) is -0.497. The molecule has 2 unspecified atom stereocenters. The van der Waals surface area contributed by atoms with Gasteiger partial charge in [-0.25, -0.2) is 4.79 Å². The number of carbonyl (C=O) groups excluding carboxylic acids is 2. The zero-order chi connectivity index (χ0) is 11.6. The first kappa shape index (κ1) is 11.8. The van der Waals surface area contributed by atoms with Crippen LogP contribution in [0.15, 0.2) is 0 Å². The molecule has 5 heteroatoms. The normalized spacial score (nSPS) is 26.2. The third-order valence-electron chi connectivity index (χ3n) is 2.91. The van der Waals surface area contributed by atoms with Crippen LogP contribution in [-0.4, -0.2) is 48.4 Å². The lowest BCUT2D eigenvalue weighted by atomic mass is 9.93. The number of amides is 3. The highest BCUT2D eigenvalue weighted by Gasteiger charge is 2.32. The molecule has 0 aromatic carbocycles. The molecule has 3 amide bonds. The summed E-state index contributed by atoms with van der Waals surface area (Å²) in [5, 5.41) is 0. The second-order valence-corrected chi connectivity index (χ2v) is 4.36. The van der Waals surface area contributed by atoms with Gasteiger partial charge in [0.05, 0.1) is 5.92 Å². The highest BCUT2D eigenvalue weighted by atomic mass is 16.2. The molecular formula is C10H19N3O2. The number of nitrogens with zero attached hydrogens (tertiary/aromatic N) is 2. The van der Waals surface area contributed by atoms with E-state index in [-0.39, 0.29) is 23.9 Å². The first-order valence-corrected chi connectivity index (χ1v) is 5.20. The van der Waals surface area contributed by atoms with Crippen LogP contribution >= 0.6 is 0 Å². The van der Waals surface area contributed by atoms with Crippen molar-refractivity contribution in [2.75, 3.05) is 20.6 Å². The molecule has 0 saturated carbocycles. The molecule has 0 spiro atoms. The summed E-state index contributed by atoms with van der Waals surface area (Å²) in [6, 6.07) is 0.143. The molecule has 0 aromatic rings. The average molecular weight is 213 g/mol. The van der Waals surface area contributed by atoms with Gasteiger partial charge < -0.3 is 15.5 Å². The molecule has 1 rings (SSSR count). The van der Waals surface area contributed by atoms with Crippen molar-refractivity contribution in [1.82, 2.24) is 9.80 Å². The summed E-state index contributed by atoms with van der Waals surface area (Å²) >= 11 is 0. The molecule has 1 fully saturated rings. The number of hydrogen-bond donors (Lipinski definition) is 1. The molecule has 1 saturated heterocycles.